The first-order valence-electron chi connectivity index (χ1n) is 6.61. The van der Waals surface area contributed by atoms with Gasteiger partial charge in [0.15, 0.2) is 0 Å². The van der Waals surface area contributed by atoms with Crippen molar-refractivity contribution in [3.63, 3.8) is 0 Å². The third-order valence-electron chi connectivity index (χ3n) is 3.80. The second-order valence-electron chi connectivity index (χ2n) is 5.22. The van der Waals surface area contributed by atoms with E-state index in [1.54, 1.807) is 0 Å². The van der Waals surface area contributed by atoms with E-state index in [1.165, 1.54) is 29.9 Å². The van der Waals surface area contributed by atoms with E-state index in [9.17, 15) is 0 Å². The van der Waals surface area contributed by atoms with Crippen molar-refractivity contribution < 1.29 is 0 Å². The van der Waals surface area contributed by atoms with Gasteiger partial charge in [0.05, 0.1) is 0 Å². The van der Waals surface area contributed by atoms with Crippen LogP contribution in [-0.2, 0) is 12.8 Å². The van der Waals surface area contributed by atoms with Gasteiger partial charge >= 0.3 is 0 Å². The molecule has 3 rings (SSSR count). The second-order valence-corrected chi connectivity index (χ2v) is 5.22. The Morgan fingerprint density at radius 1 is 1.24 bits per heavy atom. The number of nitrogens with zero attached hydrogens (tertiary/aromatic N) is 3. The average Bonchev–Trinajstić information content (AvgIpc) is 2.74. The smallest absolute Gasteiger partial charge is 0.135 e. The highest BCUT2D eigenvalue weighted by Crippen LogP contribution is 2.29. The van der Waals surface area contributed by atoms with Crippen LogP contribution >= 0.6 is 0 Å². The van der Waals surface area contributed by atoms with Crippen LogP contribution in [0, 0.1) is 6.92 Å². The fourth-order valence-electron chi connectivity index (χ4n) is 2.94. The summed E-state index contributed by atoms with van der Waals surface area (Å²) >= 11 is 0. The Balaban J connectivity index is 2.00. The van der Waals surface area contributed by atoms with Crippen molar-refractivity contribution in [2.45, 2.75) is 45.1 Å². The van der Waals surface area contributed by atoms with Crippen LogP contribution < -0.4 is 10.6 Å². The summed E-state index contributed by atoms with van der Waals surface area (Å²) in [6.45, 7) is 3.99. The van der Waals surface area contributed by atoms with Crippen molar-refractivity contribution in [3.8, 4) is 0 Å². The summed E-state index contributed by atoms with van der Waals surface area (Å²) in [4.78, 5) is 11.6. The molecular weight excluding hydrogens is 212 g/mol. The minimum absolute atomic E-state index is 0.310. The van der Waals surface area contributed by atoms with E-state index in [0.717, 1.165) is 38.2 Å². The van der Waals surface area contributed by atoms with E-state index in [0.29, 0.717) is 6.04 Å². The van der Waals surface area contributed by atoms with Gasteiger partial charge in [-0.2, -0.15) is 0 Å². The lowest BCUT2D eigenvalue weighted by atomic mass is 9.96. The van der Waals surface area contributed by atoms with Crippen LogP contribution in [0.3, 0.4) is 0 Å². The molecule has 2 N–H and O–H groups in total. The minimum atomic E-state index is 0.310. The number of aryl methyl sites for hydroxylation is 2. The fraction of sp³-hybridized carbons (Fsp3) is 0.692. The molecule has 0 amide bonds. The highest BCUT2D eigenvalue weighted by molar-refractivity contribution is 5.51. The van der Waals surface area contributed by atoms with Gasteiger partial charge in [-0.25, -0.2) is 9.97 Å². The van der Waals surface area contributed by atoms with Gasteiger partial charge in [0.25, 0.3) is 0 Å². The Kier molecular flexibility index (Phi) is 2.74. The molecule has 1 aliphatic carbocycles. The molecule has 1 unspecified atom stereocenters. The predicted octanol–water partition coefficient (Wildman–Crippen LogP) is 1.20. The summed E-state index contributed by atoms with van der Waals surface area (Å²) in [5.74, 6) is 2.07. The molecule has 0 radical (unpaired) electrons. The molecule has 4 heteroatoms. The molecule has 1 aliphatic heterocycles. The predicted molar refractivity (Wildman–Crippen MR) is 68.2 cm³/mol. The van der Waals surface area contributed by atoms with E-state index in [-0.39, 0.29) is 0 Å². The van der Waals surface area contributed by atoms with E-state index in [2.05, 4.69) is 14.9 Å². The van der Waals surface area contributed by atoms with Crippen molar-refractivity contribution >= 4 is 5.82 Å². The summed E-state index contributed by atoms with van der Waals surface area (Å²) in [6.07, 6.45) is 5.87. The largest absolute Gasteiger partial charge is 0.355 e. The topological polar surface area (TPSA) is 55.0 Å². The van der Waals surface area contributed by atoms with Crippen molar-refractivity contribution in [3.05, 3.63) is 17.1 Å². The molecule has 1 fully saturated rings. The Labute approximate surface area is 102 Å². The van der Waals surface area contributed by atoms with Gasteiger partial charge in [-0.3, -0.25) is 0 Å². The van der Waals surface area contributed by atoms with Crippen LogP contribution in [0.4, 0.5) is 5.82 Å². The Bertz CT molecular complexity index is 430. The SMILES string of the molecule is Cc1nc2c(c(N3CCC(N)C3)n1)CCCC2. The van der Waals surface area contributed by atoms with Crippen molar-refractivity contribution in [1.29, 1.82) is 0 Å². The molecule has 1 aromatic heterocycles. The lowest BCUT2D eigenvalue weighted by Gasteiger charge is -2.24. The lowest BCUT2D eigenvalue weighted by molar-refractivity contribution is 0.653. The number of hydrogen-bond donors (Lipinski definition) is 1. The summed E-state index contributed by atoms with van der Waals surface area (Å²) in [5, 5.41) is 0. The van der Waals surface area contributed by atoms with Crippen LogP contribution in [0.2, 0.25) is 0 Å². The van der Waals surface area contributed by atoms with Gasteiger partial charge in [0.1, 0.15) is 11.6 Å². The van der Waals surface area contributed by atoms with E-state index < -0.39 is 0 Å². The van der Waals surface area contributed by atoms with Crippen LogP contribution in [0.1, 0.15) is 36.3 Å². The monoisotopic (exact) mass is 232 g/mol. The van der Waals surface area contributed by atoms with Gasteiger partial charge in [-0.05, 0) is 39.0 Å². The van der Waals surface area contributed by atoms with Crippen molar-refractivity contribution in [1.82, 2.24) is 9.97 Å². The number of anilines is 1. The maximum atomic E-state index is 5.99. The minimum Gasteiger partial charge on any atom is -0.355 e. The molecular formula is C13H20N4. The second kappa shape index (κ2) is 4.26. The first-order valence-corrected chi connectivity index (χ1v) is 6.61. The van der Waals surface area contributed by atoms with Gasteiger partial charge in [0.2, 0.25) is 0 Å². The lowest BCUT2D eigenvalue weighted by Crippen LogP contribution is -2.29. The average molecular weight is 232 g/mol. The molecule has 1 aromatic rings. The third-order valence-corrected chi connectivity index (χ3v) is 3.80. The summed E-state index contributed by atoms with van der Waals surface area (Å²) in [6, 6.07) is 0.310. The van der Waals surface area contributed by atoms with Crippen LogP contribution in [0.5, 0.6) is 0 Å². The molecule has 2 aliphatic rings. The first kappa shape index (κ1) is 11.0. The van der Waals surface area contributed by atoms with Gasteiger partial charge < -0.3 is 10.6 Å². The summed E-state index contributed by atoms with van der Waals surface area (Å²) in [7, 11) is 0. The van der Waals surface area contributed by atoms with Crippen LogP contribution in [-0.4, -0.2) is 29.1 Å². The molecule has 1 saturated heterocycles. The molecule has 0 bridgehead atoms. The van der Waals surface area contributed by atoms with Crippen molar-refractivity contribution in [2.24, 2.45) is 5.73 Å². The van der Waals surface area contributed by atoms with Crippen molar-refractivity contribution in [2.75, 3.05) is 18.0 Å². The van der Waals surface area contributed by atoms with Crippen LogP contribution in [0.15, 0.2) is 0 Å². The maximum Gasteiger partial charge on any atom is 0.135 e. The highest BCUT2D eigenvalue weighted by atomic mass is 15.2. The Hall–Kier alpha value is -1.16. The molecule has 4 nitrogen and oxygen atoms in total. The van der Waals surface area contributed by atoms with E-state index in [4.69, 9.17) is 5.73 Å². The van der Waals surface area contributed by atoms with Gasteiger partial charge in [-0.1, -0.05) is 0 Å². The number of aromatic nitrogens is 2. The zero-order valence-electron chi connectivity index (χ0n) is 10.4. The van der Waals surface area contributed by atoms with Gasteiger partial charge in [0, 0.05) is 30.4 Å². The number of rotatable bonds is 1. The number of fused-ring (bicyclic) bond motifs is 1. The normalized spacial score (nSPS) is 23.9. The molecule has 0 saturated carbocycles. The number of nitrogens with two attached hydrogens (primary N) is 1. The molecule has 17 heavy (non-hydrogen) atoms. The Morgan fingerprint density at radius 3 is 2.82 bits per heavy atom. The Morgan fingerprint density at radius 2 is 2.06 bits per heavy atom. The van der Waals surface area contributed by atoms with E-state index in [1.807, 2.05) is 6.92 Å². The zero-order valence-corrected chi connectivity index (χ0v) is 10.4. The van der Waals surface area contributed by atoms with Gasteiger partial charge in [-0.15, -0.1) is 0 Å². The fourth-order valence-corrected chi connectivity index (χ4v) is 2.94. The molecule has 2 heterocycles. The summed E-state index contributed by atoms with van der Waals surface area (Å²) in [5.41, 5.74) is 8.65. The first-order chi connectivity index (χ1) is 8.24. The standard InChI is InChI=1S/C13H20N4/c1-9-15-12-5-3-2-4-11(12)13(16-9)17-7-6-10(14)8-17/h10H,2-8,14H2,1H3. The molecule has 0 aromatic carbocycles. The highest BCUT2D eigenvalue weighted by Gasteiger charge is 2.25. The third kappa shape index (κ3) is 2.02. The van der Waals surface area contributed by atoms with Crippen LogP contribution in [0.25, 0.3) is 0 Å². The molecule has 1 atom stereocenters. The zero-order chi connectivity index (χ0) is 11.8. The quantitative estimate of drug-likeness (QED) is 0.790. The maximum absolute atomic E-state index is 5.99. The van der Waals surface area contributed by atoms with E-state index >= 15 is 0 Å². The summed E-state index contributed by atoms with van der Waals surface area (Å²) < 4.78 is 0. The molecule has 92 valence electrons. The molecule has 0 spiro atoms. The number of hydrogen-bond acceptors (Lipinski definition) is 4.